The maximum absolute atomic E-state index is 7.74. The van der Waals surface area contributed by atoms with E-state index in [2.05, 4.69) is 209 Å². The van der Waals surface area contributed by atoms with E-state index >= 15 is 0 Å². The summed E-state index contributed by atoms with van der Waals surface area (Å²) in [5.41, 5.74) is 12.0. The van der Waals surface area contributed by atoms with E-state index in [0.717, 1.165) is 45.3 Å². The topological polar surface area (TPSA) is 6.48 Å². The normalized spacial score (nSPS) is 13.9. The standard InChI is InChI=1S/C51H46Cl2N2/c1-49(2,3)35-23-27-42(28-24-35)54-44-21-13-19-39(31-44)51(37-15-9-7-10-16-37,38-17-11-8-12-18-38)40-20-14-22-45(32-40)55(47-34-41(52)33-46(54)48(47)53)43-29-25-36(26-30-43)50(4,5)6/h7-34H,1-6H3. The van der Waals surface area contributed by atoms with Crippen LogP contribution in [-0.4, -0.2) is 0 Å². The average Bonchev–Trinajstić information content (AvgIpc) is 3.18. The Morgan fingerprint density at radius 3 is 1.11 bits per heavy atom. The zero-order valence-corrected chi connectivity index (χ0v) is 33.8. The third-order valence-corrected chi connectivity index (χ3v) is 11.6. The molecule has 6 bridgehead atoms. The summed E-state index contributed by atoms with van der Waals surface area (Å²) in [4.78, 5) is 4.51. The third-order valence-electron chi connectivity index (χ3n) is 11.0. The largest absolute Gasteiger partial charge is 0.309 e. The lowest BCUT2D eigenvalue weighted by Gasteiger charge is -2.39. The summed E-state index contributed by atoms with van der Waals surface area (Å²) in [6.45, 7) is 13.5. The summed E-state index contributed by atoms with van der Waals surface area (Å²) in [5, 5.41) is 1.19. The predicted molar refractivity (Wildman–Crippen MR) is 235 cm³/mol. The molecule has 0 saturated carbocycles. The van der Waals surface area contributed by atoms with E-state index in [1.807, 2.05) is 12.1 Å². The average molecular weight is 758 g/mol. The van der Waals surface area contributed by atoms with E-state index < -0.39 is 5.41 Å². The second-order valence-electron chi connectivity index (χ2n) is 16.6. The molecule has 1 aliphatic heterocycles. The maximum atomic E-state index is 7.74. The van der Waals surface area contributed by atoms with E-state index in [-0.39, 0.29) is 10.8 Å². The number of benzene rings is 7. The van der Waals surface area contributed by atoms with Crippen molar-refractivity contribution in [2.24, 2.45) is 0 Å². The molecule has 0 unspecified atom stereocenters. The van der Waals surface area contributed by atoms with Gasteiger partial charge in [0, 0.05) is 27.8 Å². The van der Waals surface area contributed by atoms with Gasteiger partial charge in [0.05, 0.1) is 21.8 Å². The van der Waals surface area contributed by atoms with Gasteiger partial charge in [-0.1, -0.05) is 174 Å². The predicted octanol–water partition coefficient (Wildman–Crippen LogP) is 15.2. The molecule has 274 valence electrons. The van der Waals surface area contributed by atoms with Crippen LogP contribution < -0.4 is 9.80 Å². The minimum Gasteiger partial charge on any atom is -0.309 e. The molecule has 0 aliphatic carbocycles. The summed E-state index contributed by atoms with van der Waals surface area (Å²) in [6, 6.07) is 61.3. The molecule has 0 saturated heterocycles. The summed E-state index contributed by atoms with van der Waals surface area (Å²) in [5.74, 6) is 0. The van der Waals surface area contributed by atoms with Gasteiger partial charge < -0.3 is 9.80 Å². The van der Waals surface area contributed by atoms with Crippen LogP contribution in [0, 0.1) is 0 Å². The first-order valence-electron chi connectivity index (χ1n) is 19.0. The van der Waals surface area contributed by atoms with Crippen molar-refractivity contribution in [1.29, 1.82) is 0 Å². The number of fused-ring (bicyclic) bond motifs is 6. The van der Waals surface area contributed by atoms with Crippen LogP contribution in [0.5, 0.6) is 0 Å². The summed E-state index contributed by atoms with van der Waals surface area (Å²) in [7, 11) is 0. The van der Waals surface area contributed by atoms with Gasteiger partial charge in [-0.05, 0) is 105 Å². The number of nitrogens with zero attached hydrogens (tertiary/aromatic N) is 2. The number of anilines is 6. The molecule has 1 heterocycles. The van der Waals surface area contributed by atoms with Crippen LogP contribution >= 0.6 is 23.2 Å². The molecular weight excluding hydrogens is 711 g/mol. The molecule has 1 aliphatic rings. The second kappa shape index (κ2) is 14.1. The molecular formula is C51H46Cl2N2. The quantitative estimate of drug-likeness (QED) is 0.176. The lowest BCUT2D eigenvalue weighted by Crippen LogP contribution is -2.31. The van der Waals surface area contributed by atoms with Crippen molar-refractivity contribution in [2.75, 3.05) is 9.80 Å². The van der Waals surface area contributed by atoms with Gasteiger partial charge in [-0.3, -0.25) is 0 Å². The molecule has 7 aromatic carbocycles. The number of hydrogen-bond acceptors (Lipinski definition) is 2. The van der Waals surface area contributed by atoms with Gasteiger partial charge in [0.15, 0.2) is 0 Å². The Morgan fingerprint density at radius 1 is 0.382 bits per heavy atom. The first kappa shape index (κ1) is 36.7. The van der Waals surface area contributed by atoms with Gasteiger partial charge in [0.1, 0.15) is 0 Å². The zero-order valence-electron chi connectivity index (χ0n) is 32.3. The van der Waals surface area contributed by atoms with Crippen molar-refractivity contribution in [3.63, 3.8) is 0 Å². The molecule has 0 N–H and O–H groups in total. The Morgan fingerprint density at radius 2 is 0.745 bits per heavy atom. The van der Waals surface area contributed by atoms with Crippen molar-refractivity contribution in [3.8, 4) is 0 Å². The highest BCUT2D eigenvalue weighted by Gasteiger charge is 2.40. The highest BCUT2D eigenvalue weighted by molar-refractivity contribution is 6.38. The smallest absolute Gasteiger partial charge is 0.0888 e. The molecule has 2 nitrogen and oxygen atoms in total. The van der Waals surface area contributed by atoms with E-state index in [9.17, 15) is 0 Å². The Kier molecular flexibility index (Phi) is 9.40. The summed E-state index contributed by atoms with van der Waals surface area (Å²) < 4.78 is 0. The van der Waals surface area contributed by atoms with Crippen LogP contribution in [0.25, 0.3) is 0 Å². The van der Waals surface area contributed by atoms with E-state index in [1.165, 1.54) is 22.3 Å². The molecule has 8 rings (SSSR count). The van der Waals surface area contributed by atoms with Crippen molar-refractivity contribution < 1.29 is 0 Å². The molecule has 0 radical (unpaired) electrons. The SMILES string of the molecule is CC(C)(C)c1ccc(N2c3cccc(c3)C(c3ccccc3)(c3ccccc3)c3cccc(c3)N(c3ccc(C(C)(C)C)cc3)c3cc(Cl)cc2c3Cl)cc1. The van der Waals surface area contributed by atoms with Crippen molar-refractivity contribution >= 4 is 57.3 Å². The molecule has 4 heteroatoms. The van der Waals surface area contributed by atoms with Crippen LogP contribution in [-0.2, 0) is 16.2 Å². The Bertz CT molecular complexity index is 2290. The molecule has 0 aromatic heterocycles. The number of halogens is 2. The van der Waals surface area contributed by atoms with Gasteiger partial charge in [0.2, 0.25) is 0 Å². The van der Waals surface area contributed by atoms with Gasteiger partial charge in [0.25, 0.3) is 0 Å². The molecule has 7 aromatic rings. The molecule has 0 fully saturated rings. The molecule has 0 atom stereocenters. The van der Waals surface area contributed by atoms with Gasteiger partial charge >= 0.3 is 0 Å². The Balaban J connectivity index is 1.51. The minimum absolute atomic E-state index is 0.00189. The third kappa shape index (κ3) is 6.62. The van der Waals surface area contributed by atoms with Gasteiger partial charge in [-0.25, -0.2) is 0 Å². The monoisotopic (exact) mass is 756 g/mol. The summed E-state index contributed by atoms with van der Waals surface area (Å²) in [6.07, 6.45) is 0. The fourth-order valence-corrected chi connectivity index (χ4v) is 8.58. The summed E-state index contributed by atoms with van der Waals surface area (Å²) >= 11 is 14.9. The van der Waals surface area contributed by atoms with Crippen LogP contribution in [0.4, 0.5) is 34.1 Å². The van der Waals surface area contributed by atoms with Crippen molar-refractivity contribution in [2.45, 2.75) is 57.8 Å². The molecule has 0 amide bonds. The first-order valence-corrected chi connectivity index (χ1v) is 19.7. The fraction of sp³-hybridized carbons (Fsp3) is 0.176. The maximum Gasteiger partial charge on any atom is 0.0888 e. The van der Waals surface area contributed by atoms with Crippen molar-refractivity contribution in [1.82, 2.24) is 0 Å². The lowest BCUT2D eigenvalue weighted by atomic mass is 9.65. The van der Waals surface area contributed by atoms with Crippen molar-refractivity contribution in [3.05, 3.63) is 213 Å². The van der Waals surface area contributed by atoms with Gasteiger partial charge in [-0.15, -0.1) is 0 Å². The van der Waals surface area contributed by atoms with Crippen LogP contribution in [0.1, 0.15) is 74.9 Å². The highest BCUT2D eigenvalue weighted by Crippen LogP contribution is 2.52. The highest BCUT2D eigenvalue weighted by atomic mass is 35.5. The molecule has 55 heavy (non-hydrogen) atoms. The Labute approximate surface area is 336 Å². The van der Waals surface area contributed by atoms with Crippen LogP contribution in [0.2, 0.25) is 10.0 Å². The fourth-order valence-electron chi connectivity index (χ4n) is 8.09. The minimum atomic E-state index is -0.674. The number of hydrogen-bond donors (Lipinski definition) is 0. The van der Waals surface area contributed by atoms with Crippen LogP contribution in [0.15, 0.2) is 170 Å². The van der Waals surface area contributed by atoms with E-state index in [4.69, 9.17) is 23.2 Å². The Hall–Kier alpha value is -5.28. The first-order chi connectivity index (χ1) is 26.4. The molecule has 0 spiro atoms. The van der Waals surface area contributed by atoms with E-state index in [0.29, 0.717) is 10.0 Å². The number of rotatable bonds is 4. The van der Waals surface area contributed by atoms with Crippen LogP contribution in [0.3, 0.4) is 0 Å². The second-order valence-corrected chi connectivity index (χ2v) is 17.4. The van der Waals surface area contributed by atoms with E-state index in [1.54, 1.807) is 0 Å². The lowest BCUT2D eigenvalue weighted by molar-refractivity contribution is 0.590. The van der Waals surface area contributed by atoms with Gasteiger partial charge in [-0.2, -0.15) is 0 Å². The zero-order chi connectivity index (χ0) is 38.5.